The molecule has 0 aliphatic heterocycles. The normalized spacial score (nSPS) is 34.9. The van der Waals surface area contributed by atoms with E-state index in [0.717, 1.165) is 24.8 Å². The molecule has 2 aliphatic rings. The molecule has 0 aromatic rings. The zero-order valence-electron chi connectivity index (χ0n) is 7.59. The predicted molar refractivity (Wildman–Crippen MR) is 51.1 cm³/mol. The van der Waals surface area contributed by atoms with Gasteiger partial charge in [0.15, 0.2) is 0 Å². The molecule has 0 aromatic heterocycles. The van der Waals surface area contributed by atoms with E-state index in [4.69, 9.17) is 0 Å². The summed E-state index contributed by atoms with van der Waals surface area (Å²) in [7, 11) is 0. The summed E-state index contributed by atoms with van der Waals surface area (Å²) in [5.41, 5.74) is 4.50. The van der Waals surface area contributed by atoms with Crippen molar-refractivity contribution < 1.29 is 0 Å². The molecule has 1 saturated carbocycles. The van der Waals surface area contributed by atoms with E-state index in [1.165, 1.54) is 18.6 Å². The van der Waals surface area contributed by atoms with E-state index < -0.39 is 0 Å². The highest BCUT2D eigenvalue weighted by Gasteiger charge is 2.37. The van der Waals surface area contributed by atoms with Gasteiger partial charge in [-0.15, -0.1) is 0 Å². The summed E-state index contributed by atoms with van der Waals surface area (Å²) in [6.07, 6.45) is 8.19. The van der Waals surface area contributed by atoms with Gasteiger partial charge in [0.05, 0.1) is 0 Å². The van der Waals surface area contributed by atoms with Gasteiger partial charge < -0.3 is 5.43 Å². The fourth-order valence-corrected chi connectivity index (χ4v) is 1.93. The lowest BCUT2D eigenvalue weighted by molar-refractivity contribution is 0.459. The zero-order valence-corrected chi connectivity index (χ0v) is 7.59. The van der Waals surface area contributed by atoms with Crippen LogP contribution in [0.15, 0.2) is 17.3 Å². The quantitative estimate of drug-likeness (QED) is 0.385. The molecule has 0 heterocycles. The molecule has 12 heavy (non-hydrogen) atoms. The maximum absolute atomic E-state index is 4.39. The van der Waals surface area contributed by atoms with Crippen molar-refractivity contribution in [3.63, 3.8) is 0 Å². The monoisotopic (exact) mass is 164 g/mol. The Kier molecular flexibility index (Phi) is 2.15. The smallest absolute Gasteiger partial charge is 0.0424 e. The highest BCUT2D eigenvalue weighted by atomic mass is 15.3. The molecule has 0 spiro atoms. The largest absolute Gasteiger partial charge is 0.310 e. The topological polar surface area (TPSA) is 24.4 Å². The number of hydrazone groups is 1. The molecule has 2 nitrogen and oxygen atoms in total. The van der Waals surface area contributed by atoms with Crippen molar-refractivity contribution in [3.05, 3.63) is 12.2 Å². The van der Waals surface area contributed by atoms with Crippen LogP contribution in [0.1, 0.15) is 26.2 Å². The van der Waals surface area contributed by atoms with Gasteiger partial charge in [-0.3, -0.25) is 0 Å². The standard InChI is InChI=1S/C10H16N2/c1-2-6-11-12-10-7-8-4-3-5-9(8)10/h3-4,8-9,11H,2,5-7H2,1H3/b12-10-. The van der Waals surface area contributed by atoms with Crippen LogP contribution in [0.3, 0.4) is 0 Å². The first-order chi connectivity index (χ1) is 5.92. The number of fused-ring (bicyclic) bond motifs is 1. The van der Waals surface area contributed by atoms with Crippen molar-refractivity contribution in [2.75, 3.05) is 6.54 Å². The van der Waals surface area contributed by atoms with Gasteiger partial charge in [-0.2, -0.15) is 5.10 Å². The van der Waals surface area contributed by atoms with E-state index in [9.17, 15) is 0 Å². The molecular formula is C10H16N2. The van der Waals surface area contributed by atoms with Crippen molar-refractivity contribution in [1.82, 2.24) is 5.43 Å². The lowest BCUT2D eigenvalue weighted by atomic mass is 9.74. The number of allylic oxidation sites excluding steroid dienone is 2. The average molecular weight is 164 g/mol. The number of hydrogen-bond acceptors (Lipinski definition) is 2. The Morgan fingerprint density at radius 2 is 2.58 bits per heavy atom. The summed E-state index contributed by atoms with van der Waals surface area (Å²) >= 11 is 0. The number of nitrogens with one attached hydrogen (secondary N) is 1. The molecule has 1 N–H and O–H groups in total. The maximum Gasteiger partial charge on any atom is 0.0424 e. The van der Waals surface area contributed by atoms with E-state index >= 15 is 0 Å². The van der Waals surface area contributed by atoms with Crippen LogP contribution in [0.4, 0.5) is 0 Å². The van der Waals surface area contributed by atoms with Crippen LogP contribution in [0.25, 0.3) is 0 Å². The summed E-state index contributed by atoms with van der Waals surface area (Å²) in [4.78, 5) is 0. The summed E-state index contributed by atoms with van der Waals surface area (Å²) in [6, 6.07) is 0. The third kappa shape index (κ3) is 1.26. The summed E-state index contributed by atoms with van der Waals surface area (Å²) in [5.74, 6) is 1.58. The van der Waals surface area contributed by atoms with Gasteiger partial charge in [0.1, 0.15) is 0 Å². The lowest BCUT2D eigenvalue weighted by Crippen LogP contribution is -2.34. The van der Waals surface area contributed by atoms with Crippen molar-refractivity contribution in [2.24, 2.45) is 16.9 Å². The van der Waals surface area contributed by atoms with Gasteiger partial charge in [-0.1, -0.05) is 19.1 Å². The van der Waals surface area contributed by atoms with Gasteiger partial charge in [-0.05, 0) is 25.2 Å². The fraction of sp³-hybridized carbons (Fsp3) is 0.700. The lowest BCUT2D eigenvalue weighted by Gasteiger charge is -2.31. The molecule has 2 aliphatic carbocycles. The molecule has 0 bridgehead atoms. The molecule has 1 fully saturated rings. The third-order valence-electron chi connectivity index (χ3n) is 2.75. The Morgan fingerprint density at radius 3 is 3.33 bits per heavy atom. The summed E-state index contributed by atoms with van der Waals surface area (Å²) < 4.78 is 0. The molecule has 2 rings (SSSR count). The van der Waals surface area contributed by atoms with E-state index in [2.05, 4.69) is 29.6 Å². The van der Waals surface area contributed by atoms with E-state index in [0.29, 0.717) is 0 Å². The zero-order chi connectivity index (χ0) is 8.39. The summed E-state index contributed by atoms with van der Waals surface area (Å²) in [6.45, 7) is 3.17. The minimum Gasteiger partial charge on any atom is -0.310 e. The Labute approximate surface area is 73.7 Å². The average Bonchev–Trinajstić information content (AvgIpc) is 2.41. The molecule has 2 unspecified atom stereocenters. The van der Waals surface area contributed by atoms with E-state index in [1.807, 2.05) is 0 Å². The Morgan fingerprint density at radius 1 is 1.67 bits per heavy atom. The Hall–Kier alpha value is -0.790. The van der Waals surface area contributed by atoms with Gasteiger partial charge >= 0.3 is 0 Å². The first-order valence-corrected chi connectivity index (χ1v) is 4.87. The molecular weight excluding hydrogens is 148 g/mol. The van der Waals surface area contributed by atoms with Crippen molar-refractivity contribution >= 4 is 5.71 Å². The minimum absolute atomic E-state index is 0.759. The molecule has 66 valence electrons. The second-order valence-electron chi connectivity index (χ2n) is 3.65. The maximum atomic E-state index is 4.39. The van der Waals surface area contributed by atoms with Crippen LogP contribution >= 0.6 is 0 Å². The fourth-order valence-electron chi connectivity index (χ4n) is 1.93. The van der Waals surface area contributed by atoms with Gasteiger partial charge in [0.25, 0.3) is 0 Å². The van der Waals surface area contributed by atoms with Crippen LogP contribution in [0, 0.1) is 11.8 Å². The molecule has 0 aromatic carbocycles. The summed E-state index contributed by atoms with van der Waals surface area (Å²) in [5, 5.41) is 4.39. The minimum atomic E-state index is 0.759. The predicted octanol–water partition coefficient (Wildman–Crippen LogP) is 1.94. The highest BCUT2D eigenvalue weighted by molar-refractivity contribution is 5.93. The van der Waals surface area contributed by atoms with Crippen LogP contribution in [-0.2, 0) is 0 Å². The van der Waals surface area contributed by atoms with E-state index in [1.54, 1.807) is 0 Å². The SMILES string of the molecule is CCCN/N=C1/CC2C=CCC12. The van der Waals surface area contributed by atoms with Gasteiger partial charge in [0, 0.05) is 18.2 Å². The molecule has 0 radical (unpaired) electrons. The number of hydrogen-bond donors (Lipinski definition) is 1. The highest BCUT2D eigenvalue weighted by Crippen LogP contribution is 2.39. The first kappa shape index (κ1) is 7.84. The van der Waals surface area contributed by atoms with Crippen LogP contribution in [0.5, 0.6) is 0 Å². The van der Waals surface area contributed by atoms with Crippen molar-refractivity contribution in [1.29, 1.82) is 0 Å². The second-order valence-corrected chi connectivity index (χ2v) is 3.65. The van der Waals surface area contributed by atoms with Gasteiger partial charge in [-0.25, -0.2) is 0 Å². The third-order valence-corrected chi connectivity index (χ3v) is 2.75. The molecule has 0 saturated heterocycles. The molecule has 2 atom stereocenters. The van der Waals surface area contributed by atoms with E-state index in [-0.39, 0.29) is 0 Å². The Balaban J connectivity index is 1.80. The van der Waals surface area contributed by atoms with Crippen molar-refractivity contribution in [2.45, 2.75) is 26.2 Å². The number of nitrogens with zero attached hydrogens (tertiary/aromatic N) is 1. The van der Waals surface area contributed by atoms with Crippen molar-refractivity contribution in [3.8, 4) is 0 Å². The molecule has 0 amide bonds. The van der Waals surface area contributed by atoms with Gasteiger partial charge in [0.2, 0.25) is 0 Å². The number of rotatable bonds is 3. The second kappa shape index (κ2) is 3.30. The van der Waals surface area contributed by atoms with Crippen LogP contribution in [-0.4, -0.2) is 12.3 Å². The van der Waals surface area contributed by atoms with Crippen LogP contribution < -0.4 is 5.43 Å². The Bertz CT molecular complexity index is 218. The molecule has 2 heteroatoms. The van der Waals surface area contributed by atoms with Crippen LogP contribution in [0.2, 0.25) is 0 Å². The first-order valence-electron chi connectivity index (χ1n) is 4.87.